The molecule has 0 bridgehead atoms. The SMILES string of the molecule is c1ccc(-c2ccc(N(c3ccc(-c4cc5ccc6ccccc6c5c5ccccc45)cc3)c3cccc(-c4ccc5ccccc5c4)c3)cc2)cc1. The summed E-state index contributed by atoms with van der Waals surface area (Å²) in [7, 11) is 0. The van der Waals surface area contributed by atoms with Gasteiger partial charge in [0.15, 0.2) is 0 Å². The Morgan fingerprint density at radius 3 is 1.55 bits per heavy atom. The molecular weight excluding hydrogens is 639 g/mol. The fourth-order valence-electron chi connectivity index (χ4n) is 7.98. The Hall–Kier alpha value is -6.96. The maximum Gasteiger partial charge on any atom is 0.0467 e. The zero-order valence-corrected chi connectivity index (χ0v) is 29.2. The van der Waals surface area contributed by atoms with Crippen LogP contribution in [0.2, 0.25) is 0 Å². The zero-order valence-electron chi connectivity index (χ0n) is 29.2. The molecule has 0 atom stereocenters. The second-order valence-corrected chi connectivity index (χ2v) is 13.8. The first-order valence-electron chi connectivity index (χ1n) is 18.3. The molecule has 0 aliphatic carbocycles. The van der Waals surface area contributed by atoms with Crippen molar-refractivity contribution < 1.29 is 0 Å². The highest BCUT2D eigenvalue weighted by Gasteiger charge is 2.16. The molecule has 0 saturated heterocycles. The topological polar surface area (TPSA) is 3.24 Å². The second-order valence-electron chi connectivity index (χ2n) is 13.8. The maximum atomic E-state index is 2.37. The van der Waals surface area contributed by atoms with E-state index < -0.39 is 0 Å². The normalized spacial score (nSPS) is 11.4. The summed E-state index contributed by atoms with van der Waals surface area (Å²) in [5.74, 6) is 0. The van der Waals surface area contributed by atoms with Crippen molar-refractivity contribution in [3.8, 4) is 33.4 Å². The molecule has 0 heterocycles. The van der Waals surface area contributed by atoms with E-state index in [1.54, 1.807) is 0 Å². The minimum absolute atomic E-state index is 1.10. The molecule has 0 aliphatic rings. The monoisotopic (exact) mass is 673 g/mol. The Bertz CT molecular complexity index is 2920. The summed E-state index contributed by atoms with van der Waals surface area (Å²) in [6.07, 6.45) is 0. The van der Waals surface area contributed by atoms with Gasteiger partial charge >= 0.3 is 0 Å². The molecule has 0 N–H and O–H groups in total. The minimum Gasteiger partial charge on any atom is -0.310 e. The van der Waals surface area contributed by atoms with Gasteiger partial charge in [-0.15, -0.1) is 0 Å². The standard InChI is InChI=1S/C52H35N/c1-2-11-36(12-3-1)38-25-29-45(30-26-38)53(47-17-10-16-42(34-47)43-23-21-37-13-4-5-15-41(37)33-43)46-31-27-40(28-32-46)51-35-44-24-22-39-14-6-7-18-48(39)52(44)50-20-9-8-19-49(50)51/h1-35H. The fourth-order valence-corrected chi connectivity index (χ4v) is 7.98. The molecular formula is C52H35N. The third-order valence-electron chi connectivity index (χ3n) is 10.6. The zero-order chi connectivity index (χ0) is 35.1. The maximum absolute atomic E-state index is 2.37. The number of rotatable bonds is 6. The molecule has 1 heteroatoms. The molecule has 10 rings (SSSR count). The van der Waals surface area contributed by atoms with Crippen LogP contribution in [0.15, 0.2) is 212 Å². The predicted molar refractivity (Wildman–Crippen MR) is 227 cm³/mol. The van der Waals surface area contributed by atoms with Gasteiger partial charge in [-0.25, -0.2) is 0 Å². The molecule has 0 saturated carbocycles. The molecule has 0 fully saturated rings. The van der Waals surface area contributed by atoms with Crippen LogP contribution in [0.4, 0.5) is 17.1 Å². The van der Waals surface area contributed by atoms with Gasteiger partial charge in [0.25, 0.3) is 0 Å². The highest BCUT2D eigenvalue weighted by atomic mass is 15.1. The van der Waals surface area contributed by atoms with Crippen LogP contribution in [0.1, 0.15) is 0 Å². The van der Waals surface area contributed by atoms with Crippen molar-refractivity contribution in [2.75, 3.05) is 4.90 Å². The van der Waals surface area contributed by atoms with Crippen molar-refractivity contribution >= 4 is 60.2 Å². The summed E-state index contributed by atoms with van der Waals surface area (Å²) in [6, 6.07) is 77.2. The average Bonchev–Trinajstić information content (AvgIpc) is 3.24. The van der Waals surface area contributed by atoms with E-state index in [2.05, 4.69) is 217 Å². The van der Waals surface area contributed by atoms with Crippen molar-refractivity contribution in [2.24, 2.45) is 0 Å². The Labute approximate surface area is 309 Å². The lowest BCUT2D eigenvalue weighted by Gasteiger charge is -2.26. The lowest BCUT2D eigenvalue weighted by atomic mass is 9.90. The van der Waals surface area contributed by atoms with Crippen molar-refractivity contribution in [1.29, 1.82) is 0 Å². The Morgan fingerprint density at radius 2 is 0.774 bits per heavy atom. The lowest BCUT2D eigenvalue weighted by molar-refractivity contribution is 1.28. The van der Waals surface area contributed by atoms with Gasteiger partial charge in [0.2, 0.25) is 0 Å². The van der Waals surface area contributed by atoms with Gasteiger partial charge in [0.1, 0.15) is 0 Å². The first-order valence-corrected chi connectivity index (χ1v) is 18.3. The Balaban J connectivity index is 1.09. The molecule has 1 nitrogen and oxygen atoms in total. The Morgan fingerprint density at radius 1 is 0.245 bits per heavy atom. The smallest absolute Gasteiger partial charge is 0.0467 e. The number of benzene rings is 10. The van der Waals surface area contributed by atoms with Gasteiger partial charge in [0.05, 0.1) is 0 Å². The summed E-state index contributed by atoms with van der Waals surface area (Å²) in [6.45, 7) is 0. The van der Waals surface area contributed by atoms with E-state index in [1.165, 1.54) is 76.5 Å². The van der Waals surface area contributed by atoms with Crippen molar-refractivity contribution in [2.45, 2.75) is 0 Å². The number of nitrogens with zero attached hydrogens (tertiary/aromatic N) is 1. The molecule has 10 aromatic carbocycles. The quantitative estimate of drug-likeness (QED) is 0.159. The van der Waals surface area contributed by atoms with E-state index in [1.807, 2.05) is 0 Å². The fraction of sp³-hybridized carbons (Fsp3) is 0. The van der Waals surface area contributed by atoms with Crippen LogP contribution in [-0.4, -0.2) is 0 Å². The van der Waals surface area contributed by atoms with Crippen molar-refractivity contribution in [3.63, 3.8) is 0 Å². The van der Waals surface area contributed by atoms with E-state index in [4.69, 9.17) is 0 Å². The summed E-state index contributed by atoms with van der Waals surface area (Å²) >= 11 is 0. The molecule has 0 aromatic heterocycles. The summed E-state index contributed by atoms with van der Waals surface area (Å²) in [5.41, 5.74) is 10.6. The third kappa shape index (κ3) is 5.60. The highest BCUT2D eigenvalue weighted by Crippen LogP contribution is 2.41. The number of hydrogen-bond donors (Lipinski definition) is 0. The van der Waals surface area contributed by atoms with Crippen LogP contribution >= 0.6 is 0 Å². The number of hydrogen-bond acceptors (Lipinski definition) is 1. The first kappa shape index (κ1) is 30.8. The molecule has 0 spiro atoms. The van der Waals surface area contributed by atoms with Gasteiger partial charge in [-0.3, -0.25) is 0 Å². The van der Waals surface area contributed by atoms with E-state index in [9.17, 15) is 0 Å². The summed E-state index contributed by atoms with van der Waals surface area (Å²) < 4.78 is 0. The van der Waals surface area contributed by atoms with E-state index >= 15 is 0 Å². The lowest BCUT2D eigenvalue weighted by Crippen LogP contribution is -2.10. The summed E-state index contributed by atoms with van der Waals surface area (Å²) in [5, 5.41) is 10.2. The third-order valence-corrected chi connectivity index (χ3v) is 10.6. The highest BCUT2D eigenvalue weighted by molar-refractivity contribution is 6.23. The van der Waals surface area contributed by atoms with E-state index in [-0.39, 0.29) is 0 Å². The van der Waals surface area contributed by atoms with Crippen LogP contribution in [0.3, 0.4) is 0 Å². The van der Waals surface area contributed by atoms with Crippen LogP contribution in [0.5, 0.6) is 0 Å². The first-order chi connectivity index (χ1) is 26.3. The van der Waals surface area contributed by atoms with Gasteiger partial charge in [-0.2, -0.15) is 0 Å². The largest absolute Gasteiger partial charge is 0.310 e. The number of anilines is 3. The van der Waals surface area contributed by atoms with Crippen molar-refractivity contribution in [3.05, 3.63) is 212 Å². The van der Waals surface area contributed by atoms with Gasteiger partial charge in [-0.05, 0) is 125 Å². The van der Waals surface area contributed by atoms with Crippen LogP contribution in [-0.2, 0) is 0 Å². The van der Waals surface area contributed by atoms with Gasteiger partial charge in [-0.1, -0.05) is 164 Å². The Kier molecular flexibility index (Phi) is 7.55. The molecule has 0 unspecified atom stereocenters. The van der Waals surface area contributed by atoms with Gasteiger partial charge in [0, 0.05) is 17.1 Å². The summed E-state index contributed by atoms with van der Waals surface area (Å²) in [4.78, 5) is 2.37. The van der Waals surface area contributed by atoms with E-state index in [0.29, 0.717) is 0 Å². The van der Waals surface area contributed by atoms with Crippen LogP contribution in [0.25, 0.3) is 76.5 Å². The van der Waals surface area contributed by atoms with Crippen LogP contribution < -0.4 is 4.90 Å². The molecule has 0 aliphatic heterocycles. The molecule has 248 valence electrons. The number of fused-ring (bicyclic) bond motifs is 6. The molecule has 10 aromatic rings. The van der Waals surface area contributed by atoms with Crippen molar-refractivity contribution in [1.82, 2.24) is 0 Å². The average molecular weight is 674 g/mol. The van der Waals surface area contributed by atoms with E-state index in [0.717, 1.165) is 17.1 Å². The molecule has 0 radical (unpaired) electrons. The van der Waals surface area contributed by atoms with Crippen LogP contribution in [0, 0.1) is 0 Å². The second kappa shape index (κ2) is 13.0. The van der Waals surface area contributed by atoms with Gasteiger partial charge < -0.3 is 4.90 Å². The minimum atomic E-state index is 1.10. The predicted octanol–water partition coefficient (Wildman–Crippen LogP) is 14.8. The molecule has 0 amide bonds. The molecule has 53 heavy (non-hydrogen) atoms.